The van der Waals surface area contributed by atoms with Crippen LogP contribution in [0, 0.1) is 6.92 Å². The SMILES string of the molecule is Cc1nnc(O[Si](C)(C)C)nc1O[Si](C)(C)C. The van der Waals surface area contributed by atoms with Crippen molar-refractivity contribution in [1.29, 1.82) is 0 Å². The molecule has 96 valence electrons. The Labute approximate surface area is 105 Å². The van der Waals surface area contributed by atoms with Gasteiger partial charge in [-0.05, 0) is 46.2 Å². The fraction of sp³-hybridized carbons (Fsp3) is 0.700. The van der Waals surface area contributed by atoms with Crippen molar-refractivity contribution < 1.29 is 8.85 Å². The van der Waals surface area contributed by atoms with Gasteiger partial charge in [0, 0.05) is 0 Å². The van der Waals surface area contributed by atoms with E-state index in [4.69, 9.17) is 8.85 Å². The summed E-state index contributed by atoms with van der Waals surface area (Å²) in [6.07, 6.45) is 0. The molecule has 17 heavy (non-hydrogen) atoms. The fourth-order valence-electron chi connectivity index (χ4n) is 1.05. The lowest BCUT2D eigenvalue weighted by Gasteiger charge is -2.21. The molecule has 0 aliphatic carbocycles. The molecule has 0 radical (unpaired) electrons. The normalized spacial score (nSPS) is 12.4. The average Bonchev–Trinajstić information content (AvgIpc) is 2.05. The molecule has 0 amide bonds. The van der Waals surface area contributed by atoms with Gasteiger partial charge in [0.15, 0.2) is 0 Å². The van der Waals surface area contributed by atoms with Gasteiger partial charge in [0.05, 0.1) is 0 Å². The quantitative estimate of drug-likeness (QED) is 0.788. The van der Waals surface area contributed by atoms with Crippen molar-refractivity contribution in [3.05, 3.63) is 5.69 Å². The minimum atomic E-state index is -1.71. The third-order valence-corrected chi connectivity index (χ3v) is 3.19. The van der Waals surface area contributed by atoms with Crippen molar-refractivity contribution in [1.82, 2.24) is 15.2 Å². The Morgan fingerprint density at radius 1 is 0.824 bits per heavy atom. The lowest BCUT2D eigenvalue weighted by molar-refractivity contribution is 0.458. The van der Waals surface area contributed by atoms with Crippen LogP contribution in [0.2, 0.25) is 39.3 Å². The van der Waals surface area contributed by atoms with Crippen LogP contribution >= 0.6 is 0 Å². The zero-order chi connectivity index (χ0) is 13.3. The number of nitrogens with zero attached hydrogens (tertiary/aromatic N) is 3. The molecule has 0 unspecified atom stereocenters. The highest BCUT2D eigenvalue weighted by Crippen LogP contribution is 2.19. The van der Waals surface area contributed by atoms with Crippen LogP contribution in [0.3, 0.4) is 0 Å². The second-order valence-electron chi connectivity index (χ2n) is 5.91. The summed E-state index contributed by atoms with van der Waals surface area (Å²) < 4.78 is 11.5. The van der Waals surface area contributed by atoms with Gasteiger partial charge in [-0.2, -0.15) is 4.98 Å². The molecular weight excluding hydrogens is 250 g/mol. The van der Waals surface area contributed by atoms with Crippen LogP contribution in [0.15, 0.2) is 0 Å². The highest BCUT2D eigenvalue weighted by molar-refractivity contribution is 6.70. The third-order valence-electron chi connectivity index (χ3n) is 1.59. The number of aromatic nitrogens is 3. The Morgan fingerprint density at radius 3 is 1.82 bits per heavy atom. The maximum Gasteiger partial charge on any atom is 0.325 e. The maximum absolute atomic E-state index is 5.85. The third kappa shape index (κ3) is 5.27. The molecule has 0 aliphatic rings. The molecule has 0 fully saturated rings. The predicted octanol–water partition coefficient (Wildman–Crippen LogP) is 2.61. The second-order valence-corrected chi connectivity index (χ2v) is 14.8. The standard InChI is InChI=1S/C10H21N3O2Si2/c1-8-9(14-16(2,3)4)11-10(13-12-8)15-17(5,6)7/h1-7H3. The first-order valence-corrected chi connectivity index (χ1v) is 12.5. The first-order chi connectivity index (χ1) is 7.57. The van der Waals surface area contributed by atoms with E-state index in [1.807, 2.05) is 6.92 Å². The van der Waals surface area contributed by atoms with Crippen LogP contribution in [0.1, 0.15) is 5.69 Å². The number of hydrogen-bond donors (Lipinski definition) is 0. The molecule has 0 aliphatic heterocycles. The van der Waals surface area contributed by atoms with Crippen molar-refractivity contribution in [3.63, 3.8) is 0 Å². The van der Waals surface area contributed by atoms with Crippen molar-refractivity contribution in [2.45, 2.75) is 46.2 Å². The molecule has 1 heterocycles. The molecular formula is C10H21N3O2Si2. The summed E-state index contributed by atoms with van der Waals surface area (Å²) in [6, 6.07) is 0.322. The summed E-state index contributed by atoms with van der Waals surface area (Å²) in [5.41, 5.74) is 0.704. The minimum Gasteiger partial charge on any atom is -0.530 e. The van der Waals surface area contributed by atoms with Crippen LogP contribution in [0.5, 0.6) is 11.9 Å². The van der Waals surface area contributed by atoms with Gasteiger partial charge in [-0.25, -0.2) is 0 Å². The van der Waals surface area contributed by atoms with E-state index < -0.39 is 16.6 Å². The van der Waals surface area contributed by atoms with Crippen LogP contribution in [-0.2, 0) is 0 Å². The van der Waals surface area contributed by atoms with Crippen molar-refractivity contribution in [2.75, 3.05) is 0 Å². The molecule has 0 atom stereocenters. The molecule has 0 saturated heterocycles. The van der Waals surface area contributed by atoms with Gasteiger partial charge in [-0.1, -0.05) is 5.10 Å². The van der Waals surface area contributed by atoms with Crippen molar-refractivity contribution >= 4 is 16.6 Å². The second kappa shape index (κ2) is 4.73. The summed E-state index contributed by atoms with van der Waals surface area (Å²) in [5, 5.41) is 7.97. The van der Waals surface area contributed by atoms with Crippen LogP contribution in [0.25, 0.3) is 0 Å². The molecule has 0 spiro atoms. The van der Waals surface area contributed by atoms with Gasteiger partial charge in [0.1, 0.15) is 5.69 Å². The molecule has 1 aromatic rings. The first kappa shape index (κ1) is 14.1. The summed E-state index contributed by atoms with van der Waals surface area (Å²) >= 11 is 0. The highest BCUT2D eigenvalue weighted by atomic mass is 28.4. The molecule has 0 aromatic carbocycles. The molecule has 0 saturated carbocycles. The van der Waals surface area contributed by atoms with E-state index in [-0.39, 0.29) is 0 Å². The maximum atomic E-state index is 5.85. The molecule has 0 bridgehead atoms. The fourth-order valence-corrected chi connectivity index (χ4v) is 2.46. The summed E-state index contributed by atoms with van der Waals surface area (Å²) in [4.78, 5) is 4.29. The van der Waals surface area contributed by atoms with Gasteiger partial charge in [-0.15, -0.1) is 5.10 Å². The largest absolute Gasteiger partial charge is 0.530 e. The van der Waals surface area contributed by atoms with Crippen molar-refractivity contribution in [3.8, 4) is 11.9 Å². The average molecular weight is 271 g/mol. The Hall–Kier alpha value is -0.956. The highest BCUT2D eigenvalue weighted by Gasteiger charge is 2.22. The van der Waals surface area contributed by atoms with E-state index in [2.05, 4.69) is 54.5 Å². The lowest BCUT2D eigenvalue weighted by Crippen LogP contribution is -2.32. The Morgan fingerprint density at radius 2 is 1.35 bits per heavy atom. The number of hydrogen-bond acceptors (Lipinski definition) is 5. The molecule has 1 aromatic heterocycles. The van der Waals surface area contributed by atoms with Gasteiger partial charge < -0.3 is 8.85 Å². The molecule has 7 heteroatoms. The monoisotopic (exact) mass is 271 g/mol. The lowest BCUT2D eigenvalue weighted by atomic mass is 10.5. The van der Waals surface area contributed by atoms with Crippen LogP contribution in [0.4, 0.5) is 0 Å². The Kier molecular flexibility index (Phi) is 3.93. The number of aryl methyl sites for hydroxylation is 1. The van der Waals surface area contributed by atoms with Crippen LogP contribution in [-0.4, -0.2) is 31.8 Å². The van der Waals surface area contributed by atoms with E-state index in [1.165, 1.54) is 0 Å². The van der Waals surface area contributed by atoms with E-state index >= 15 is 0 Å². The summed E-state index contributed by atoms with van der Waals surface area (Å²) in [7, 11) is -3.39. The van der Waals surface area contributed by atoms with Crippen molar-refractivity contribution in [2.24, 2.45) is 0 Å². The predicted molar refractivity (Wildman–Crippen MR) is 72.5 cm³/mol. The van der Waals surface area contributed by atoms with Crippen LogP contribution < -0.4 is 8.85 Å². The van der Waals surface area contributed by atoms with E-state index in [1.54, 1.807) is 0 Å². The van der Waals surface area contributed by atoms with E-state index in [9.17, 15) is 0 Å². The smallest absolute Gasteiger partial charge is 0.325 e. The first-order valence-electron chi connectivity index (χ1n) is 5.66. The molecule has 5 nitrogen and oxygen atoms in total. The Bertz CT molecular complexity index is 400. The summed E-state index contributed by atoms with van der Waals surface area (Å²) in [5.74, 6) is 0.549. The van der Waals surface area contributed by atoms with Gasteiger partial charge in [0.25, 0.3) is 0 Å². The van der Waals surface area contributed by atoms with Gasteiger partial charge in [0.2, 0.25) is 22.5 Å². The topological polar surface area (TPSA) is 57.1 Å². The van der Waals surface area contributed by atoms with Gasteiger partial charge in [-0.3, -0.25) is 0 Å². The zero-order valence-electron chi connectivity index (χ0n) is 11.7. The van der Waals surface area contributed by atoms with E-state index in [0.29, 0.717) is 17.6 Å². The number of rotatable bonds is 4. The Balaban J connectivity index is 2.95. The minimum absolute atomic E-state index is 0.322. The van der Waals surface area contributed by atoms with Gasteiger partial charge >= 0.3 is 6.01 Å². The zero-order valence-corrected chi connectivity index (χ0v) is 13.7. The summed E-state index contributed by atoms with van der Waals surface area (Å²) in [6.45, 7) is 14.4. The molecule has 1 rings (SSSR count). The molecule has 0 N–H and O–H groups in total. The van der Waals surface area contributed by atoms with E-state index in [0.717, 1.165) is 0 Å².